The van der Waals surface area contributed by atoms with E-state index in [2.05, 4.69) is 0 Å². The zero-order valence-corrected chi connectivity index (χ0v) is 12.7. The molecule has 1 aromatic rings. The number of methoxy groups -OCH3 is 1. The van der Waals surface area contributed by atoms with Crippen molar-refractivity contribution in [1.82, 2.24) is 0 Å². The summed E-state index contributed by atoms with van der Waals surface area (Å²) in [6.45, 7) is 2.15. The van der Waals surface area contributed by atoms with Gasteiger partial charge < -0.3 is 15.4 Å². The summed E-state index contributed by atoms with van der Waals surface area (Å²) < 4.78 is 42.1. The Kier molecular flexibility index (Phi) is 5.89. The van der Waals surface area contributed by atoms with Crippen LogP contribution in [0.1, 0.15) is 26.2 Å². The molecule has 21 heavy (non-hydrogen) atoms. The fraction of sp³-hybridized carbons (Fsp3) is 0.600. The molecule has 1 rings (SSSR count). The van der Waals surface area contributed by atoms with Gasteiger partial charge in [0.2, 0.25) is 0 Å². The third-order valence-corrected chi connectivity index (χ3v) is 3.87. The summed E-state index contributed by atoms with van der Waals surface area (Å²) in [5, 5.41) is 0. The number of anilines is 1. The zero-order chi connectivity index (χ0) is 16.1. The van der Waals surface area contributed by atoms with E-state index < -0.39 is 18.1 Å². The number of ether oxygens (including phenoxy) is 1. The molecule has 0 saturated carbocycles. The van der Waals surface area contributed by atoms with Crippen LogP contribution in [0.25, 0.3) is 0 Å². The molecule has 1 aromatic carbocycles. The largest absolute Gasteiger partial charge is 0.497 e. The molecule has 0 heterocycles. The van der Waals surface area contributed by atoms with Gasteiger partial charge in [0, 0.05) is 37.3 Å². The fourth-order valence-electron chi connectivity index (χ4n) is 2.21. The Morgan fingerprint density at radius 1 is 1.24 bits per heavy atom. The molecule has 0 aliphatic heterocycles. The maximum absolute atomic E-state index is 12.3. The van der Waals surface area contributed by atoms with Crippen molar-refractivity contribution in [3.63, 3.8) is 0 Å². The van der Waals surface area contributed by atoms with Gasteiger partial charge >= 0.3 is 6.18 Å². The van der Waals surface area contributed by atoms with Crippen molar-refractivity contribution in [2.24, 2.45) is 5.73 Å². The highest BCUT2D eigenvalue weighted by Gasteiger charge is 2.32. The smallest absolute Gasteiger partial charge is 0.389 e. The van der Waals surface area contributed by atoms with E-state index >= 15 is 0 Å². The van der Waals surface area contributed by atoms with Gasteiger partial charge in [0.25, 0.3) is 0 Å². The highest BCUT2D eigenvalue weighted by atomic mass is 19.4. The number of nitrogens with two attached hydrogens (primary N) is 1. The summed E-state index contributed by atoms with van der Waals surface area (Å²) in [7, 11) is 3.42. The molecule has 0 aliphatic rings. The Balaban J connectivity index is 2.80. The number of nitrogens with zero attached hydrogens (tertiary/aromatic N) is 1. The van der Waals surface area contributed by atoms with Crippen LogP contribution >= 0.6 is 0 Å². The van der Waals surface area contributed by atoms with E-state index in [-0.39, 0.29) is 13.0 Å². The minimum Gasteiger partial charge on any atom is -0.497 e. The highest BCUT2D eigenvalue weighted by molar-refractivity contribution is 5.52. The summed E-state index contributed by atoms with van der Waals surface area (Å²) in [6.07, 6.45) is -4.47. The van der Waals surface area contributed by atoms with Gasteiger partial charge in [0.05, 0.1) is 7.11 Å². The maximum atomic E-state index is 12.3. The number of alkyl halides is 3. The van der Waals surface area contributed by atoms with Crippen molar-refractivity contribution in [2.45, 2.75) is 37.9 Å². The molecule has 0 radical (unpaired) electrons. The molecule has 0 fully saturated rings. The van der Waals surface area contributed by atoms with E-state index in [9.17, 15) is 13.2 Å². The van der Waals surface area contributed by atoms with Crippen molar-refractivity contribution in [2.75, 3.05) is 25.6 Å². The van der Waals surface area contributed by atoms with Crippen LogP contribution in [0.4, 0.5) is 18.9 Å². The summed E-state index contributed by atoms with van der Waals surface area (Å²) >= 11 is 0. The molecule has 0 aliphatic carbocycles. The lowest BCUT2D eigenvalue weighted by Gasteiger charge is -2.40. The van der Waals surface area contributed by atoms with Gasteiger partial charge in [-0.05, 0) is 31.9 Å². The number of hydrogen-bond donors (Lipinski definition) is 1. The Morgan fingerprint density at radius 3 is 2.43 bits per heavy atom. The third kappa shape index (κ3) is 5.12. The quantitative estimate of drug-likeness (QED) is 0.837. The minimum atomic E-state index is -4.12. The number of halogens is 3. The first-order valence-electron chi connectivity index (χ1n) is 6.86. The lowest BCUT2D eigenvalue weighted by molar-refractivity contribution is -0.136. The van der Waals surface area contributed by atoms with Gasteiger partial charge in [0.1, 0.15) is 5.75 Å². The highest BCUT2D eigenvalue weighted by Crippen LogP contribution is 2.31. The summed E-state index contributed by atoms with van der Waals surface area (Å²) in [5.41, 5.74) is 6.15. The molecule has 120 valence electrons. The molecule has 0 aromatic heterocycles. The van der Waals surface area contributed by atoms with Crippen molar-refractivity contribution in [1.29, 1.82) is 0 Å². The Morgan fingerprint density at radius 2 is 1.90 bits per heavy atom. The molecular weight excluding hydrogens is 281 g/mol. The molecule has 0 amide bonds. The Labute approximate surface area is 123 Å². The van der Waals surface area contributed by atoms with Crippen LogP contribution in [0.15, 0.2) is 24.3 Å². The van der Waals surface area contributed by atoms with Crippen molar-refractivity contribution >= 4 is 5.69 Å². The van der Waals surface area contributed by atoms with Crippen LogP contribution in [0.2, 0.25) is 0 Å². The summed E-state index contributed by atoms with van der Waals surface area (Å²) in [5.74, 6) is 0.703. The SMILES string of the molecule is COc1cccc(N(C)C(C)(CN)CCCC(F)(F)F)c1. The van der Waals surface area contributed by atoms with E-state index in [1.807, 2.05) is 43.1 Å². The second-order valence-corrected chi connectivity index (χ2v) is 5.43. The first kappa shape index (κ1) is 17.6. The van der Waals surface area contributed by atoms with Crippen molar-refractivity contribution < 1.29 is 17.9 Å². The first-order valence-corrected chi connectivity index (χ1v) is 6.86. The molecule has 6 heteroatoms. The predicted molar refractivity (Wildman–Crippen MR) is 78.8 cm³/mol. The molecule has 1 unspecified atom stereocenters. The van der Waals surface area contributed by atoms with Gasteiger partial charge in [-0.1, -0.05) is 6.07 Å². The molecule has 0 bridgehead atoms. The summed E-state index contributed by atoms with van der Waals surface area (Å²) in [4.78, 5) is 1.92. The average Bonchev–Trinajstić information content (AvgIpc) is 2.45. The van der Waals surface area contributed by atoms with E-state index in [1.54, 1.807) is 7.11 Å². The topological polar surface area (TPSA) is 38.5 Å². The maximum Gasteiger partial charge on any atom is 0.389 e. The second kappa shape index (κ2) is 7.02. The lowest BCUT2D eigenvalue weighted by Crippen LogP contribution is -2.50. The van der Waals surface area contributed by atoms with E-state index in [1.165, 1.54) is 0 Å². The van der Waals surface area contributed by atoms with E-state index in [0.717, 1.165) is 5.69 Å². The molecule has 2 N–H and O–H groups in total. The van der Waals surface area contributed by atoms with Crippen LogP contribution < -0.4 is 15.4 Å². The fourth-order valence-corrected chi connectivity index (χ4v) is 2.21. The van der Waals surface area contributed by atoms with Gasteiger partial charge in [-0.2, -0.15) is 13.2 Å². The lowest BCUT2D eigenvalue weighted by atomic mass is 9.92. The van der Waals surface area contributed by atoms with Gasteiger partial charge in [-0.15, -0.1) is 0 Å². The van der Waals surface area contributed by atoms with Crippen LogP contribution in [-0.2, 0) is 0 Å². The van der Waals surface area contributed by atoms with Crippen LogP contribution in [0.3, 0.4) is 0 Å². The van der Waals surface area contributed by atoms with Gasteiger partial charge in [-0.25, -0.2) is 0 Å². The molecule has 3 nitrogen and oxygen atoms in total. The third-order valence-electron chi connectivity index (χ3n) is 3.87. The number of benzene rings is 1. The Bertz CT molecular complexity index is 451. The van der Waals surface area contributed by atoms with Crippen LogP contribution in [0, 0.1) is 0 Å². The molecule has 0 spiro atoms. The van der Waals surface area contributed by atoms with Crippen LogP contribution in [-0.4, -0.2) is 32.4 Å². The van der Waals surface area contributed by atoms with Crippen molar-refractivity contribution in [3.8, 4) is 5.75 Å². The van der Waals surface area contributed by atoms with Gasteiger partial charge in [-0.3, -0.25) is 0 Å². The molecular formula is C15H23F3N2O. The normalized spacial score (nSPS) is 14.6. The number of hydrogen-bond acceptors (Lipinski definition) is 3. The molecule has 0 saturated heterocycles. The number of likely N-dealkylation sites (N-methyl/N-ethyl adjacent to an activating group) is 1. The monoisotopic (exact) mass is 304 g/mol. The molecule has 1 atom stereocenters. The van der Waals surface area contributed by atoms with E-state index in [0.29, 0.717) is 12.2 Å². The minimum absolute atomic E-state index is 0.0610. The second-order valence-electron chi connectivity index (χ2n) is 5.43. The van der Waals surface area contributed by atoms with Gasteiger partial charge in [0.15, 0.2) is 0 Å². The van der Waals surface area contributed by atoms with E-state index in [4.69, 9.17) is 10.5 Å². The van der Waals surface area contributed by atoms with Crippen molar-refractivity contribution in [3.05, 3.63) is 24.3 Å². The zero-order valence-electron chi connectivity index (χ0n) is 12.7. The average molecular weight is 304 g/mol. The standard InChI is InChI=1S/C15H23F3N2O/c1-14(11-19,8-5-9-15(16,17)18)20(2)12-6-4-7-13(10-12)21-3/h4,6-7,10H,5,8-9,11,19H2,1-3H3. The Hall–Kier alpha value is -1.43. The number of rotatable bonds is 7. The predicted octanol–water partition coefficient (Wildman–Crippen LogP) is 3.58. The summed E-state index contributed by atoms with van der Waals surface area (Å²) in [6, 6.07) is 7.40. The first-order chi connectivity index (χ1) is 9.72. The van der Waals surface area contributed by atoms with Crippen LogP contribution in [0.5, 0.6) is 5.75 Å².